The summed E-state index contributed by atoms with van der Waals surface area (Å²) in [6.07, 6.45) is 5.87. The summed E-state index contributed by atoms with van der Waals surface area (Å²) >= 11 is 0. The number of imide groups is 1. The standard InChI is InChI=1S/C11H20N2O2/c1-2-3-4-5-8-12-9-6-7-10(14)13-11(9)15/h9,12H,2-8H2,1H3,(H,13,14,15). The molecular weight excluding hydrogens is 192 g/mol. The molecule has 1 aliphatic rings. The first kappa shape index (κ1) is 12.2. The van der Waals surface area contributed by atoms with Gasteiger partial charge in [0.1, 0.15) is 0 Å². The molecule has 4 heteroatoms. The van der Waals surface area contributed by atoms with Crippen molar-refractivity contribution in [2.24, 2.45) is 0 Å². The molecule has 4 nitrogen and oxygen atoms in total. The topological polar surface area (TPSA) is 58.2 Å². The third-order valence-electron chi connectivity index (χ3n) is 2.66. The SMILES string of the molecule is CCCCCCNC1CCC(=O)NC1=O. The Morgan fingerprint density at radius 3 is 2.80 bits per heavy atom. The number of nitrogens with one attached hydrogen (secondary N) is 2. The van der Waals surface area contributed by atoms with Gasteiger partial charge in [-0.05, 0) is 19.4 Å². The Labute approximate surface area is 90.8 Å². The maximum Gasteiger partial charge on any atom is 0.243 e. The van der Waals surface area contributed by atoms with Crippen LogP contribution >= 0.6 is 0 Å². The monoisotopic (exact) mass is 212 g/mol. The molecule has 0 radical (unpaired) electrons. The van der Waals surface area contributed by atoms with E-state index in [1.54, 1.807) is 0 Å². The molecule has 1 saturated heterocycles. The van der Waals surface area contributed by atoms with E-state index in [-0.39, 0.29) is 17.9 Å². The second kappa shape index (κ2) is 6.56. The lowest BCUT2D eigenvalue weighted by atomic mass is 10.1. The molecule has 1 atom stereocenters. The minimum Gasteiger partial charge on any atom is -0.306 e. The molecule has 1 heterocycles. The highest BCUT2D eigenvalue weighted by Gasteiger charge is 2.25. The van der Waals surface area contributed by atoms with E-state index >= 15 is 0 Å². The van der Waals surface area contributed by atoms with Gasteiger partial charge in [0.25, 0.3) is 0 Å². The summed E-state index contributed by atoms with van der Waals surface area (Å²) < 4.78 is 0. The van der Waals surface area contributed by atoms with Crippen molar-refractivity contribution < 1.29 is 9.59 Å². The second-order valence-corrected chi connectivity index (χ2v) is 4.02. The van der Waals surface area contributed by atoms with Gasteiger partial charge >= 0.3 is 0 Å². The van der Waals surface area contributed by atoms with Crippen LogP contribution in [0.2, 0.25) is 0 Å². The molecule has 1 aliphatic heterocycles. The number of rotatable bonds is 6. The van der Waals surface area contributed by atoms with Crippen LogP contribution in [0.15, 0.2) is 0 Å². The first-order valence-corrected chi connectivity index (χ1v) is 5.81. The Bertz CT molecular complexity index is 229. The van der Waals surface area contributed by atoms with Gasteiger partial charge in [-0.25, -0.2) is 0 Å². The molecule has 0 spiro atoms. The predicted octanol–water partition coefficient (Wildman–Crippen LogP) is 0.961. The highest BCUT2D eigenvalue weighted by molar-refractivity contribution is 6.00. The minimum atomic E-state index is -0.165. The van der Waals surface area contributed by atoms with Crippen LogP contribution in [0.5, 0.6) is 0 Å². The Kier molecular flexibility index (Phi) is 5.32. The van der Waals surface area contributed by atoms with Crippen molar-refractivity contribution >= 4 is 11.8 Å². The molecule has 2 amide bonds. The fraction of sp³-hybridized carbons (Fsp3) is 0.818. The molecule has 0 aromatic rings. The molecule has 15 heavy (non-hydrogen) atoms. The van der Waals surface area contributed by atoms with Crippen molar-refractivity contribution in [3.05, 3.63) is 0 Å². The maximum absolute atomic E-state index is 11.3. The Morgan fingerprint density at radius 1 is 1.33 bits per heavy atom. The predicted molar refractivity (Wildman–Crippen MR) is 58.3 cm³/mol. The molecule has 0 aliphatic carbocycles. The van der Waals surface area contributed by atoms with E-state index in [4.69, 9.17) is 0 Å². The van der Waals surface area contributed by atoms with Gasteiger partial charge in [-0.3, -0.25) is 14.9 Å². The van der Waals surface area contributed by atoms with Gasteiger partial charge in [-0.1, -0.05) is 26.2 Å². The molecule has 1 fully saturated rings. The summed E-state index contributed by atoms with van der Waals surface area (Å²) in [4.78, 5) is 22.2. The van der Waals surface area contributed by atoms with Crippen molar-refractivity contribution in [3.63, 3.8) is 0 Å². The van der Waals surface area contributed by atoms with Crippen LogP contribution < -0.4 is 10.6 Å². The van der Waals surface area contributed by atoms with Gasteiger partial charge < -0.3 is 5.32 Å². The maximum atomic E-state index is 11.3. The van der Waals surface area contributed by atoms with E-state index in [1.807, 2.05) is 0 Å². The molecule has 0 aromatic heterocycles. The lowest BCUT2D eigenvalue weighted by Crippen LogP contribution is -2.50. The van der Waals surface area contributed by atoms with Crippen LogP contribution in [0, 0.1) is 0 Å². The number of piperidine rings is 1. The molecule has 0 aromatic carbocycles. The number of unbranched alkanes of at least 4 members (excludes halogenated alkanes) is 3. The molecule has 1 rings (SSSR count). The quantitative estimate of drug-likeness (QED) is 0.509. The van der Waals surface area contributed by atoms with Crippen LogP contribution in [0.25, 0.3) is 0 Å². The number of hydrogen-bond acceptors (Lipinski definition) is 3. The summed E-state index contributed by atoms with van der Waals surface area (Å²) in [6.45, 7) is 3.04. The lowest BCUT2D eigenvalue weighted by molar-refractivity contribution is -0.134. The zero-order valence-electron chi connectivity index (χ0n) is 9.34. The molecular formula is C11H20N2O2. The molecule has 1 unspecified atom stereocenters. The van der Waals surface area contributed by atoms with Gasteiger partial charge in [-0.2, -0.15) is 0 Å². The first-order valence-electron chi connectivity index (χ1n) is 5.81. The van der Waals surface area contributed by atoms with Crippen LogP contribution in [0.1, 0.15) is 45.4 Å². The van der Waals surface area contributed by atoms with Crippen molar-refractivity contribution in [1.82, 2.24) is 10.6 Å². The van der Waals surface area contributed by atoms with Gasteiger partial charge in [-0.15, -0.1) is 0 Å². The van der Waals surface area contributed by atoms with E-state index in [9.17, 15) is 9.59 Å². The fourth-order valence-electron chi connectivity index (χ4n) is 1.72. The molecule has 86 valence electrons. The lowest BCUT2D eigenvalue weighted by Gasteiger charge is -2.21. The van der Waals surface area contributed by atoms with E-state index in [0.717, 1.165) is 13.0 Å². The van der Waals surface area contributed by atoms with Crippen molar-refractivity contribution in [3.8, 4) is 0 Å². The highest BCUT2D eigenvalue weighted by Crippen LogP contribution is 2.05. The summed E-state index contributed by atoms with van der Waals surface area (Å²) in [6, 6.07) is -0.163. The summed E-state index contributed by atoms with van der Waals surface area (Å²) in [5.74, 6) is -0.314. The number of hydrogen-bond donors (Lipinski definition) is 2. The van der Waals surface area contributed by atoms with E-state index in [1.165, 1.54) is 19.3 Å². The van der Waals surface area contributed by atoms with E-state index in [0.29, 0.717) is 12.8 Å². The van der Waals surface area contributed by atoms with Crippen LogP contribution in [-0.4, -0.2) is 24.4 Å². The number of carbonyl (C=O) groups is 2. The summed E-state index contributed by atoms with van der Waals surface area (Å²) in [5.41, 5.74) is 0. The van der Waals surface area contributed by atoms with Gasteiger partial charge in [0.2, 0.25) is 11.8 Å². The van der Waals surface area contributed by atoms with Gasteiger partial charge in [0.15, 0.2) is 0 Å². The van der Waals surface area contributed by atoms with E-state index in [2.05, 4.69) is 17.6 Å². The third kappa shape index (κ3) is 4.42. The number of carbonyl (C=O) groups excluding carboxylic acids is 2. The molecule has 2 N–H and O–H groups in total. The van der Waals surface area contributed by atoms with Crippen LogP contribution in [-0.2, 0) is 9.59 Å². The second-order valence-electron chi connectivity index (χ2n) is 4.02. The highest BCUT2D eigenvalue weighted by atomic mass is 16.2. The van der Waals surface area contributed by atoms with E-state index < -0.39 is 0 Å². The van der Waals surface area contributed by atoms with Gasteiger partial charge in [0, 0.05) is 6.42 Å². The first-order chi connectivity index (χ1) is 7.24. The minimum absolute atomic E-state index is 0.149. The zero-order chi connectivity index (χ0) is 11.1. The van der Waals surface area contributed by atoms with Crippen molar-refractivity contribution in [2.45, 2.75) is 51.5 Å². The Hall–Kier alpha value is -0.900. The molecule has 0 saturated carbocycles. The number of amides is 2. The summed E-state index contributed by atoms with van der Waals surface area (Å²) in [5, 5.41) is 5.53. The average molecular weight is 212 g/mol. The van der Waals surface area contributed by atoms with Crippen molar-refractivity contribution in [2.75, 3.05) is 6.54 Å². The largest absolute Gasteiger partial charge is 0.306 e. The Morgan fingerprint density at radius 2 is 2.13 bits per heavy atom. The van der Waals surface area contributed by atoms with Crippen LogP contribution in [0.3, 0.4) is 0 Å². The smallest absolute Gasteiger partial charge is 0.243 e. The normalized spacial score (nSPS) is 21.5. The molecule has 0 bridgehead atoms. The zero-order valence-corrected chi connectivity index (χ0v) is 9.34. The van der Waals surface area contributed by atoms with Gasteiger partial charge in [0.05, 0.1) is 6.04 Å². The van der Waals surface area contributed by atoms with Crippen LogP contribution in [0.4, 0.5) is 0 Å². The third-order valence-corrected chi connectivity index (χ3v) is 2.66. The fourth-order valence-corrected chi connectivity index (χ4v) is 1.72. The Balaban J connectivity index is 2.10. The summed E-state index contributed by atoms with van der Waals surface area (Å²) in [7, 11) is 0. The van der Waals surface area contributed by atoms with Crippen molar-refractivity contribution in [1.29, 1.82) is 0 Å². The average Bonchev–Trinajstić information content (AvgIpc) is 2.20.